The van der Waals surface area contributed by atoms with Gasteiger partial charge in [-0.25, -0.2) is 0 Å². The number of rotatable bonds is 1. The van der Waals surface area contributed by atoms with E-state index in [0.29, 0.717) is 35.9 Å². The van der Waals surface area contributed by atoms with Crippen LogP contribution in [0.2, 0.25) is 0 Å². The van der Waals surface area contributed by atoms with E-state index in [2.05, 4.69) is 20.4 Å². The normalized spacial score (nSPS) is 54.6. The van der Waals surface area contributed by atoms with Crippen molar-refractivity contribution in [3.63, 3.8) is 0 Å². The second kappa shape index (κ2) is 4.79. The van der Waals surface area contributed by atoms with Gasteiger partial charge in [-0.15, -0.1) is 0 Å². The standard InChI is InChI=1S/C23H30O3/c1-12-9-14-16-6-8-23(26,13(2)24)21(16,3)7-5-17(14)22(4)18(12)11-20(25)15-10-19(15)22/h11,14-17,19,26H,1,5-10H2,2-4H3/t14-,15+,16-,17-,19-,21-,22+,23-/m0/s1. The molecule has 8 atom stereocenters. The van der Waals surface area contributed by atoms with Crippen molar-refractivity contribution in [2.75, 3.05) is 0 Å². The molecule has 3 nitrogen and oxygen atoms in total. The van der Waals surface area contributed by atoms with Crippen molar-refractivity contribution in [2.24, 2.45) is 40.4 Å². The Hall–Kier alpha value is -1.22. The summed E-state index contributed by atoms with van der Waals surface area (Å²) in [7, 11) is 0. The minimum atomic E-state index is -1.16. The van der Waals surface area contributed by atoms with E-state index >= 15 is 0 Å². The SMILES string of the molecule is C=C1C[C@@H]2[C@H](CC[C@@]3(C)[C@H]2CC[C@]3(O)C(C)=O)[C@]2(C)C1=CC(=O)[C@@H]1C[C@@H]12. The lowest BCUT2D eigenvalue weighted by Gasteiger charge is -2.59. The zero-order valence-corrected chi connectivity index (χ0v) is 16.2. The highest BCUT2D eigenvalue weighted by atomic mass is 16.3. The molecular weight excluding hydrogens is 324 g/mol. The van der Waals surface area contributed by atoms with Crippen LogP contribution < -0.4 is 0 Å². The summed E-state index contributed by atoms with van der Waals surface area (Å²) in [6, 6.07) is 0. The number of allylic oxidation sites excluding steroid dienone is 2. The second-order valence-corrected chi connectivity index (χ2v) is 10.3. The van der Waals surface area contributed by atoms with Crippen molar-refractivity contribution in [3.8, 4) is 0 Å². The third-order valence-corrected chi connectivity index (χ3v) is 9.60. The van der Waals surface area contributed by atoms with E-state index in [9.17, 15) is 14.7 Å². The Morgan fingerprint density at radius 3 is 2.58 bits per heavy atom. The van der Waals surface area contributed by atoms with Gasteiger partial charge in [-0.3, -0.25) is 9.59 Å². The Balaban J connectivity index is 1.58. The van der Waals surface area contributed by atoms with Gasteiger partial charge in [0.25, 0.3) is 0 Å². The number of fused-ring (bicyclic) bond motifs is 7. The van der Waals surface area contributed by atoms with Gasteiger partial charge in [-0.05, 0) is 86.2 Å². The quantitative estimate of drug-likeness (QED) is 0.778. The van der Waals surface area contributed by atoms with E-state index in [1.165, 1.54) is 5.57 Å². The number of aliphatic hydroxyl groups is 1. The number of carbonyl (C=O) groups excluding carboxylic acids is 2. The summed E-state index contributed by atoms with van der Waals surface area (Å²) in [6.07, 6.45) is 7.37. The fourth-order valence-corrected chi connectivity index (χ4v) is 8.04. The molecule has 140 valence electrons. The van der Waals surface area contributed by atoms with Crippen LogP contribution in [0.3, 0.4) is 0 Å². The van der Waals surface area contributed by atoms with E-state index in [4.69, 9.17) is 0 Å². The maximum absolute atomic E-state index is 12.3. The molecule has 5 rings (SSSR count). The molecule has 5 aliphatic rings. The van der Waals surface area contributed by atoms with E-state index in [1.807, 2.05) is 6.08 Å². The summed E-state index contributed by atoms with van der Waals surface area (Å²) in [6.45, 7) is 10.5. The maximum atomic E-state index is 12.3. The molecule has 0 heterocycles. The molecular formula is C23H30O3. The van der Waals surface area contributed by atoms with Crippen LogP contribution in [-0.2, 0) is 9.59 Å². The lowest BCUT2D eigenvalue weighted by Crippen LogP contribution is -2.57. The Kier molecular flexibility index (Phi) is 3.11. The Labute approximate surface area is 155 Å². The molecule has 0 amide bonds. The lowest BCUT2D eigenvalue weighted by molar-refractivity contribution is -0.159. The van der Waals surface area contributed by atoms with E-state index in [1.54, 1.807) is 6.92 Å². The minimum Gasteiger partial charge on any atom is -0.382 e. The van der Waals surface area contributed by atoms with Crippen LogP contribution >= 0.6 is 0 Å². The molecule has 26 heavy (non-hydrogen) atoms. The Morgan fingerprint density at radius 1 is 1.19 bits per heavy atom. The van der Waals surface area contributed by atoms with Crippen LogP contribution in [0.4, 0.5) is 0 Å². The fourth-order valence-electron chi connectivity index (χ4n) is 8.04. The first kappa shape index (κ1) is 16.9. The highest BCUT2D eigenvalue weighted by Gasteiger charge is 2.69. The molecule has 0 unspecified atom stereocenters. The average molecular weight is 354 g/mol. The van der Waals surface area contributed by atoms with Gasteiger partial charge in [-0.1, -0.05) is 26.0 Å². The zero-order valence-electron chi connectivity index (χ0n) is 16.2. The number of Topliss-reactive ketones (excluding diaryl/α,β-unsaturated/α-hetero) is 1. The molecule has 0 aliphatic heterocycles. The molecule has 0 aromatic carbocycles. The summed E-state index contributed by atoms with van der Waals surface area (Å²) in [5.41, 5.74) is 0.953. The number of hydrogen-bond acceptors (Lipinski definition) is 3. The van der Waals surface area contributed by atoms with Crippen LogP contribution in [0.1, 0.15) is 59.3 Å². The van der Waals surface area contributed by atoms with Gasteiger partial charge in [-0.2, -0.15) is 0 Å². The molecule has 0 spiro atoms. The molecule has 0 bridgehead atoms. The summed E-state index contributed by atoms with van der Waals surface area (Å²) >= 11 is 0. The molecule has 4 fully saturated rings. The van der Waals surface area contributed by atoms with Crippen molar-refractivity contribution in [2.45, 2.75) is 64.9 Å². The van der Waals surface area contributed by atoms with Gasteiger partial charge >= 0.3 is 0 Å². The van der Waals surface area contributed by atoms with Crippen molar-refractivity contribution >= 4 is 11.6 Å². The van der Waals surface area contributed by atoms with Gasteiger partial charge in [0.15, 0.2) is 11.6 Å². The van der Waals surface area contributed by atoms with Crippen molar-refractivity contribution < 1.29 is 14.7 Å². The van der Waals surface area contributed by atoms with Crippen molar-refractivity contribution in [1.82, 2.24) is 0 Å². The minimum absolute atomic E-state index is 0.0621. The zero-order chi connectivity index (χ0) is 18.6. The molecule has 5 aliphatic carbocycles. The third-order valence-electron chi connectivity index (χ3n) is 9.60. The summed E-state index contributed by atoms with van der Waals surface area (Å²) in [4.78, 5) is 24.7. The first-order chi connectivity index (χ1) is 12.1. The third kappa shape index (κ3) is 1.70. The van der Waals surface area contributed by atoms with Crippen LogP contribution in [0.25, 0.3) is 0 Å². The second-order valence-electron chi connectivity index (χ2n) is 10.3. The van der Waals surface area contributed by atoms with Gasteiger partial charge in [0.1, 0.15) is 5.60 Å². The van der Waals surface area contributed by atoms with Crippen LogP contribution in [0, 0.1) is 40.4 Å². The molecule has 0 radical (unpaired) electrons. The highest BCUT2D eigenvalue weighted by molar-refractivity contribution is 5.97. The van der Waals surface area contributed by atoms with Gasteiger partial charge in [0, 0.05) is 11.3 Å². The summed E-state index contributed by atoms with van der Waals surface area (Å²) in [5, 5.41) is 11.2. The number of ketones is 2. The fraction of sp³-hybridized carbons (Fsp3) is 0.739. The molecule has 0 aromatic rings. The molecule has 3 heteroatoms. The van der Waals surface area contributed by atoms with E-state index in [-0.39, 0.29) is 22.5 Å². The average Bonchev–Trinajstić information content (AvgIpc) is 3.33. The first-order valence-corrected chi connectivity index (χ1v) is 10.3. The van der Waals surface area contributed by atoms with E-state index in [0.717, 1.165) is 37.7 Å². The van der Waals surface area contributed by atoms with Crippen molar-refractivity contribution in [3.05, 3.63) is 23.8 Å². The predicted molar refractivity (Wildman–Crippen MR) is 99.2 cm³/mol. The smallest absolute Gasteiger partial charge is 0.161 e. The number of carbonyl (C=O) groups is 2. The number of hydrogen-bond donors (Lipinski definition) is 1. The van der Waals surface area contributed by atoms with Crippen LogP contribution in [0.5, 0.6) is 0 Å². The largest absolute Gasteiger partial charge is 0.382 e. The first-order valence-electron chi connectivity index (χ1n) is 10.3. The van der Waals surface area contributed by atoms with Gasteiger partial charge in [0.2, 0.25) is 0 Å². The van der Waals surface area contributed by atoms with Gasteiger partial charge in [0.05, 0.1) is 0 Å². The van der Waals surface area contributed by atoms with Crippen LogP contribution in [-0.4, -0.2) is 22.3 Å². The molecule has 4 saturated carbocycles. The van der Waals surface area contributed by atoms with Crippen LogP contribution in [0.15, 0.2) is 23.8 Å². The molecule has 1 N–H and O–H groups in total. The maximum Gasteiger partial charge on any atom is 0.161 e. The Morgan fingerprint density at radius 2 is 1.88 bits per heavy atom. The van der Waals surface area contributed by atoms with Crippen molar-refractivity contribution in [1.29, 1.82) is 0 Å². The van der Waals surface area contributed by atoms with E-state index < -0.39 is 5.60 Å². The highest BCUT2D eigenvalue weighted by Crippen LogP contribution is 2.72. The monoisotopic (exact) mass is 354 g/mol. The molecule has 0 aromatic heterocycles. The predicted octanol–water partition coefficient (Wildman–Crippen LogP) is 3.86. The summed E-state index contributed by atoms with van der Waals surface area (Å²) in [5.74, 6) is 2.38. The lowest BCUT2D eigenvalue weighted by atomic mass is 9.45. The van der Waals surface area contributed by atoms with Gasteiger partial charge < -0.3 is 5.11 Å². The topological polar surface area (TPSA) is 54.4 Å². The molecule has 0 saturated heterocycles. The Bertz CT molecular complexity index is 778. The summed E-state index contributed by atoms with van der Waals surface area (Å²) < 4.78 is 0.